The van der Waals surface area contributed by atoms with E-state index in [9.17, 15) is 9.59 Å². The quantitative estimate of drug-likeness (QED) is 0.506. The van der Waals surface area contributed by atoms with E-state index in [1.807, 2.05) is 24.3 Å². The first-order valence-corrected chi connectivity index (χ1v) is 7.46. The van der Waals surface area contributed by atoms with Gasteiger partial charge in [-0.1, -0.05) is 12.1 Å². The van der Waals surface area contributed by atoms with Gasteiger partial charge in [-0.3, -0.25) is 4.79 Å². The number of thioether (sulfide) groups is 1. The predicted molar refractivity (Wildman–Crippen MR) is 79.3 cm³/mol. The third kappa shape index (κ3) is 5.97. The lowest BCUT2D eigenvalue weighted by Gasteiger charge is -2.10. The highest BCUT2D eigenvalue weighted by atomic mass is 32.2. The zero-order chi connectivity index (χ0) is 14.8. The van der Waals surface area contributed by atoms with Gasteiger partial charge in [-0.15, -0.1) is 0 Å². The number of hydrogen-bond donors (Lipinski definition) is 2. The maximum atomic E-state index is 10.8. The van der Waals surface area contributed by atoms with E-state index in [0.29, 0.717) is 18.6 Å². The van der Waals surface area contributed by atoms with Crippen LogP contribution in [0.5, 0.6) is 5.75 Å². The zero-order valence-corrected chi connectivity index (χ0v) is 12.2. The van der Waals surface area contributed by atoms with E-state index in [1.54, 1.807) is 18.9 Å². The summed E-state index contributed by atoms with van der Waals surface area (Å²) in [6.07, 6.45) is 1.79. The number of carbonyl (C=O) groups is 2. The van der Waals surface area contributed by atoms with Crippen LogP contribution in [-0.2, 0) is 16.0 Å². The van der Waals surface area contributed by atoms with Gasteiger partial charge in [0.25, 0.3) is 0 Å². The summed E-state index contributed by atoms with van der Waals surface area (Å²) in [6.45, 7) is 0. The van der Waals surface area contributed by atoms with Crippen LogP contribution in [0.3, 0.4) is 0 Å². The maximum absolute atomic E-state index is 10.8. The van der Waals surface area contributed by atoms with Gasteiger partial charge in [-0.2, -0.15) is 11.8 Å². The molecule has 1 rings (SSSR count). The number of aryl methyl sites for hydroxylation is 1. The average molecular weight is 297 g/mol. The van der Waals surface area contributed by atoms with Crippen molar-refractivity contribution in [1.82, 2.24) is 5.32 Å². The number of carbonyl (C=O) groups excluding carboxylic acids is 1. The third-order valence-corrected chi connectivity index (χ3v) is 3.83. The fraction of sp³-hybridized carbons (Fsp3) is 0.429. The smallest absolute Gasteiger partial charge is 0.326 e. The number of rotatable bonds is 10. The molecule has 0 aromatic heterocycles. The minimum Gasteiger partial charge on any atom is -0.497 e. The molecule has 0 heterocycles. The Balaban J connectivity index is 2.20. The normalized spacial score (nSPS) is 11.7. The van der Waals surface area contributed by atoms with Crippen molar-refractivity contribution in [2.75, 3.05) is 18.6 Å². The molecule has 1 atom stereocenters. The number of ether oxygens (including phenoxy) is 1. The number of amides is 1. The van der Waals surface area contributed by atoms with E-state index in [0.717, 1.165) is 17.9 Å². The molecule has 0 spiro atoms. The van der Waals surface area contributed by atoms with Crippen LogP contribution in [0, 0.1) is 0 Å². The minimum atomic E-state index is -0.993. The molecular weight excluding hydrogens is 278 g/mol. The fourth-order valence-corrected chi connectivity index (χ4v) is 2.63. The number of aliphatic carboxylic acids is 1. The molecule has 0 aliphatic rings. The Morgan fingerprint density at radius 1 is 1.40 bits per heavy atom. The number of benzene rings is 1. The molecule has 0 aliphatic heterocycles. The highest BCUT2D eigenvalue weighted by molar-refractivity contribution is 7.99. The van der Waals surface area contributed by atoms with E-state index in [4.69, 9.17) is 9.84 Å². The third-order valence-electron chi connectivity index (χ3n) is 2.81. The molecule has 5 nitrogen and oxygen atoms in total. The number of methoxy groups -OCH3 is 1. The molecule has 2 N–H and O–H groups in total. The summed E-state index contributed by atoms with van der Waals surface area (Å²) in [6, 6.07) is 7.10. The van der Waals surface area contributed by atoms with Crippen molar-refractivity contribution >= 4 is 24.1 Å². The van der Waals surface area contributed by atoms with Gasteiger partial charge in [0.2, 0.25) is 6.41 Å². The van der Waals surface area contributed by atoms with E-state index in [-0.39, 0.29) is 0 Å². The summed E-state index contributed by atoms with van der Waals surface area (Å²) < 4.78 is 5.09. The molecule has 6 heteroatoms. The van der Waals surface area contributed by atoms with Gasteiger partial charge < -0.3 is 15.2 Å². The fourth-order valence-electron chi connectivity index (χ4n) is 1.65. The van der Waals surface area contributed by atoms with Gasteiger partial charge >= 0.3 is 5.97 Å². The van der Waals surface area contributed by atoms with Gasteiger partial charge in [0.1, 0.15) is 11.8 Å². The van der Waals surface area contributed by atoms with Crippen molar-refractivity contribution in [3.05, 3.63) is 29.8 Å². The molecule has 0 aliphatic carbocycles. The van der Waals surface area contributed by atoms with Crippen LogP contribution in [-0.4, -0.2) is 42.1 Å². The highest BCUT2D eigenvalue weighted by Gasteiger charge is 2.15. The van der Waals surface area contributed by atoms with E-state index < -0.39 is 12.0 Å². The second-order valence-corrected chi connectivity index (χ2v) is 5.40. The molecule has 1 aromatic carbocycles. The molecule has 0 saturated heterocycles. The minimum absolute atomic E-state index is 0.431. The second kappa shape index (κ2) is 9.25. The Bertz CT molecular complexity index is 422. The lowest BCUT2D eigenvalue weighted by Crippen LogP contribution is -2.36. The lowest BCUT2D eigenvalue weighted by atomic mass is 10.2. The van der Waals surface area contributed by atoms with Crippen LogP contribution in [0.1, 0.15) is 12.0 Å². The van der Waals surface area contributed by atoms with Crippen LogP contribution in [0.2, 0.25) is 0 Å². The first-order valence-electron chi connectivity index (χ1n) is 6.30. The van der Waals surface area contributed by atoms with Gasteiger partial charge in [0.05, 0.1) is 7.11 Å². The second-order valence-electron chi connectivity index (χ2n) is 4.17. The number of hydrogen-bond acceptors (Lipinski definition) is 4. The van der Waals surface area contributed by atoms with Crippen LogP contribution in [0.25, 0.3) is 0 Å². The van der Waals surface area contributed by atoms with E-state index in [2.05, 4.69) is 5.32 Å². The molecular formula is C14H19NO4S. The van der Waals surface area contributed by atoms with Crippen molar-refractivity contribution < 1.29 is 19.4 Å². The first-order chi connectivity index (χ1) is 9.67. The van der Waals surface area contributed by atoms with Crippen LogP contribution in [0.15, 0.2) is 24.3 Å². The summed E-state index contributed by atoms with van der Waals surface area (Å²) in [5.74, 6) is 1.46. The molecule has 0 saturated carbocycles. The average Bonchev–Trinajstić information content (AvgIpc) is 2.46. The van der Waals surface area contributed by atoms with Crippen molar-refractivity contribution in [2.24, 2.45) is 0 Å². The van der Waals surface area contributed by atoms with Crippen molar-refractivity contribution in [3.8, 4) is 5.75 Å². The molecule has 1 unspecified atom stereocenters. The van der Waals surface area contributed by atoms with E-state index >= 15 is 0 Å². The molecule has 0 fully saturated rings. The van der Waals surface area contributed by atoms with Crippen molar-refractivity contribution in [2.45, 2.75) is 18.9 Å². The summed E-state index contributed by atoms with van der Waals surface area (Å²) >= 11 is 1.68. The lowest BCUT2D eigenvalue weighted by molar-refractivity contribution is -0.140. The highest BCUT2D eigenvalue weighted by Crippen LogP contribution is 2.14. The molecule has 0 radical (unpaired) electrons. The summed E-state index contributed by atoms with van der Waals surface area (Å²) in [5.41, 5.74) is 1.22. The van der Waals surface area contributed by atoms with Gasteiger partial charge in [0.15, 0.2) is 0 Å². The van der Waals surface area contributed by atoms with Crippen molar-refractivity contribution in [3.63, 3.8) is 0 Å². The zero-order valence-electron chi connectivity index (χ0n) is 11.4. The monoisotopic (exact) mass is 297 g/mol. The van der Waals surface area contributed by atoms with Crippen LogP contribution >= 0.6 is 11.8 Å². The maximum Gasteiger partial charge on any atom is 0.326 e. The summed E-state index contributed by atoms with van der Waals surface area (Å²) in [7, 11) is 1.64. The Kier molecular flexibility index (Phi) is 7.57. The topological polar surface area (TPSA) is 75.6 Å². The molecule has 20 heavy (non-hydrogen) atoms. The van der Waals surface area contributed by atoms with Gasteiger partial charge in [-0.05, 0) is 42.0 Å². The molecule has 1 aromatic rings. The number of carboxylic acids is 1. The Morgan fingerprint density at radius 2 is 2.10 bits per heavy atom. The van der Waals surface area contributed by atoms with Gasteiger partial charge in [-0.25, -0.2) is 4.79 Å². The van der Waals surface area contributed by atoms with Gasteiger partial charge in [0, 0.05) is 0 Å². The van der Waals surface area contributed by atoms with Crippen LogP contribution < -0.4 is 10.1 Å². The standard InChI is InChI=1S/C14H19NO4S/c1-19-12-4-2-11(3-5-12)6-8-20-9-7-13(14(17)18)15-10-16/h2-5,10,13H,6-9H2,1H3,(H,15,16)(H,17,18). The molecule has 1 amide bonds. The Morgan fingerprint density at radius 3 is 2.65 bits per heavy atom. The van der Waals surface area contributed by atoms with Crippen LogP contribution in [0.4, 0.5) is 0 Å². The first kappa shape index (κ1) is 16.4. The number of nitrogens with one attached hydrogen (secondary N) is 1. The Hall–Kier alpha value is -1.69. The SMILES string of the molecule is COc1ccc(CCSCCC(NC=O)C(=O)O)cc1. The molecule has 0 bridgehead atoms. The Labute approximate surface area is 122 Å². The van der Waals surface area contributed by atoms with Crippen molar-refractivity contribution in [1.29, 1.82) is 0 Å². The van der Waals surface area contributed by atoms with E-state index in [1.165, 1.54) is 5.56 Å². The summed E-state index contributed by atoms with van der Waals surface area (Å²) in [5, 5.41) is 11.1. The largest absolute Gasteiger partial charge is 0.497 e. The molecule has 110 valence electrons. The predicted octanol–water partition coefficient (Wildman–Crippen LogP) is 1.56. The summed E-state index contributed by atoms with van der Waals surface area (Å²) in [4.78, 5) is 21.0. The number of carboxylic acid groups (broad SMARTS) is 1.